The van der Waals surface area contributed by atoms with Crippen LogP contribution in [0.4, 0.5) is 5.69 Å². The standard InChI is InChI=1S/C11H12N2O5/c1-3-7(2)12-18-10-5-4-8(11(14)15)6-9(10)13(16)17/h4-6H,3H2,1-2H3,(H,14,15). The number of rotatable bonds is 5. The fraction of sp³-hybridized carbons (Fsp3) is 0.273. The van der Waals surface area contributed by atoms with E-state index in [4.69, 9.17) is 9.94 Å². The molecule has 0 saturated carbocycles. The molecule has 18 heavy (non-hydrogen) atoms. The third-order valence-corrected chi connectivity index (χ3v) is 2.21. The Hall–Kier alpha value is -2.44. The van der Waals surface area contributed by atoms with Crippen LogP contribution in [0.25, 0.3) is 0 Å². The van der Waals surface area contributed by atoms with Crippen molar-refractivity contribution in [1.82, 2.24) is 0 Å². The van der Waals surface area contributed by atoms with Crippen LogP contribution in [-0.4, -0.2) is 21.7 Å². The van der Waals surface area contributed by atoms with Crippen LogP contribution in [-0.2, 0) is 0 Å². The fourth-order valence-corrected chi connectivity index (χ4v) is 1.06. The molecular formula is C11H12N2O5. The van der Waals surface area contributed by atoms with Gasteiger partial charge < -0.3 is 9.94 Å². The monoisotopic (exact) mass is 252 g/mol. The average Bonchev–Trinajstić information content (AvgIpc) is 2.35. The number of nitro groups is 1. The quantitative estimate of drug-likeness (QED) is 0.492. The largest absolute Gasteiger partial charge is 0.478 e. The molecule has 0 aliphatic heterocycles. The molecule has 1 aromatic carbocycles. The Kier molecular flexibility index (Phi) is 4.36. The molecule has 7 nitrogen and oxygen atoms in total. The Morgan fingerprint density at radius 1 is 1.56 bits per heavy atom. The van der Waals surface area contributed by atoms with E-state index in [-0.39, 0.29) is 11.3 Å². The van der Waals surface area contributed by atoms with Gasteiger partial charge in [-0.1, -0.05) is 12.1 Å². The lowest BCUT2D eigenvalue weighted by Crippen LogP contribution is -2.01. The zero-order valence-corrected chi connectivity index (χ0v) is 9.91. The molecule has 96 valence electrons. The molecule has 7 heteroatoms. The predicted octanol–water partition coefficient (Wildman–Crippen LogP) is 2.46. The summed E-state index contributed by atoms with van der Waals surface area (Å²) in [6, 6.07) is 3.38. The molecule has 1 aromatic rings. The number of aromatic carboxylic acids is 1. The van der Waals surface area contributed by atoms with Gasteiger partial charge >= 0.3 is 11.7 Å². The molecule has 0 aromatic heterocycles. The van der Waals surface area contributed by atoms with Crippen LogP contribution in [0.2, 0.25) is 0 Å². The molecule has 0 fully saturated rings. The van der Waals surface area contributed by atoms with Gasteiger partial charge in [0.05, 0.1) is 16.2 Å². The number of oxime groups is 1. The second kappa shape index (κ2) is 5.76. The minimum absolute atomic E-state index is 0.0854. The van der Waals surface area contributed by atoms with Crippen LogP contribution in [0.15, 0.2) is 23.4 Å². The van der Waals surface area contributed by atoms with Crippen molar-refractivity contribution in [3.05, 3.63) is 33.9 Å². The van der Waals surface area contributed by atoms with Crippen molar-refractivity contribution in [2.45, 2.75) is 20.3 Å². The first-order valence-electron chi connectivity index (χ1n) is 5.18. The molecule has 1 N–H and O–H groups in total. The number of hydrogen-bond donors (Lipinski definition) is 1. The summed E-state index contributed by atoms with van der Waals surface area (Å²) >= 11 is 0. The molecule has 0 aliphatic rings. The van der Waals surface area contributed by atoms with Crippen LogP contribution < -0.4 is 4.84 Å². The molecule has 0 amide bonds. The third kappa shape index (κ3) is 3.27. The summed E-state index contributed by atoms with van der Waals surface area (Å²) in [6.45, 7) is 3.58. The van der Waals surface area contributed by atoms with E-state index in [1.165, 1.54) is 12.1 Å². The van der Waals surface area contributed by atoms with Crippen LogP contribution in [0.1, 0.15) is 30.6 Å². The van der Waals surface area contributed by atoms with Crippen molar-refractivity contribution in [2.24, 2.45) is 5.16 Å². The highest BCUT2D eigenvalue weighted by atomic mass is 16.6. The second-order valence-electron chi connectivity index (χ2n) is 3.52. The Bertz CT molecular complexity index is 510. The maximum atomic E-state index is 10.8. The Morgan fingerprint density at radius 3 is 2.72 bits per heavy atom. The van der Waals surface area contributed by atoms with Gasteiger partial charge in [0.25, 0.3) is 0 Å². The summed E-state index contributed by atoms with van der Waals surface area (Å²) in [5.74, 6) is -1.32. The molecule has 0 heterocycles. The highest BCUT2D eigenvalue weighted by Crippen LogP contribution is 2.28. The van der Waals surface area contributed by atoms with E-state index in [1.807, 2.05) is 6.92 Å². The van der Waals surface area contributed by atoms with Crippen molar-refractivity contribution < 1.29 is 19.7 Å². The summed E-state index contributed by atoms with van der Waals surface area (Å²) in [5.41, 5.74) is 0.0689. The lowest BCUT2D eigenvalue weighted by atomic mass is 10.2. The van der Waals surface area contributed by atoms with Crippen molar-refractivity contribution in [3.8, 4) is 5.75 Å². The van der Waals surface area contributed by atoms with Crippen LogP contribution in [0.3, 0.4) is 0 Å². The highest BCUT2D eigenvalue weighted by molar-refractivity contribution is 5.89. The summed E-state index contributed by atoms with van der Waals surface area (Å²) in [7, 11) is 0. The lowest BCUT2D eigenvalue weighted by molar-refractivity contribution is -0.385. The van der Waals surface area contributed by atoms with Gasteiger partial charge in [-0.25, -0.2) is 4.79 Å². The second-order valence-corrected chi connectivity index (χ2v) is 3.52. The molecule has 0 bridgehead atoms. The molecule has 0 unspecified atom stereocenters. The Labute approximate surface area is 103 Å². The maximum Gasteiger partial charge on any atom is 0.335 e. The zero-order chi connectivity index (χ0) is 13.7. The Balaban J connectivity index is 3.12. The highest BCUT2D eigenvalue weighted by Gasteiger charge is 2.18. The van der Waals surface area contributed by atoms with E-state index in [0.717, 1.165) is 6.07 Å². The normalized spacial score (nSPS) is 11.1. The first-order valence-corrected chi connectivity index (χ1v) is 5.18. The van der Waals surface area contributed by atoms with Crippen molar-refractivity contribution in [2.75, 3.05) is 0 Å². The summed E-state index contributed by atoms with van der Waals surface area (Å²) in [6.07, 6.45) is 0.654. The minimum atomic E-state index is -1.24. The number of benzene rings is 1. The SMILES string of the molecule is CCC(C)=NOc1ccc(C(=O)O)cc1[N+](=O)[O-]. The van der Waals surface area contributed by atoms with Gasteiger partial charge in [0.15, 0.2) is 0 Å². The van der Waals surface area contributed by atoms with Gasteiger partial charge in [-0.2, -0.15) is 0 Å². The third-order valence-electron chi connectivity index (χ3n) is 2.21. The van der Waals surface area contributed by atoms with E-state index in [1.54, 1.807) is 6.92 Å². The number of nitro benzene ring substituents is 1. The van der Waals surface area contributed by atoms with Gasteiger partial charge in [-0.3, -0.25) is 10.1 Å². The van der Waals surface area contributed by atoms with E-state index in [0.29, 0.717) is 12.1 Å². The van der Waals surface area contributed by atoms with Crippen LogP contribution in [0.5, 0.6) is 5.75 Å². The fourth-order valence-electron chi connectivity index (χ4n) is 1.06. The van der Waals surface area contributed by atoms with Gasteiger partial charge in [-0.15, -0.1) is 0 Å². The molecule has 0 aliphatic carbocycles. The number of carbonyl (C=O) groups is 1. The molecule has 0 radical (unpaired) electrons. The van der Waals surface area contributed by atoms with Crippen LogP contribution >= 0.6 is 0 Å². The topological polar surface area (TPSA) is 102 Å². The molecule has 0 saturated heterocycles. The molecular weight excluding hydrogens is 240 g/mol. The molecule has 0 atom stereocenters. The minimum Gasteiger partial charge on any atom is -0.478 e. The van der Waals surface area contributed by atoms with Gasteiger partial charge in [-0.05, 0) is 25.5 Å². The van der Waals surface area contributed by atoms with Gasteiger partial charge in [0, 0.05) is 6.07 Å². The lowest BCUT2D eigenvalue weighted by Gasteiger charge is -2.02. The summed E-state index contributed by atoms with van der Waals surface area (Å²) in [5, 5.41) is 23.2. The average molecular weight is 252 g/mol. The van der Waals surface area contributed by atoms with E-state index >= 15 is 0 Å². The molecule has 0 spiro atoms. The van der Waals surface area contributed by atoms with E-state index in [2.05, 4.69) is 5.16 Å². The van der Waals surface area contributed by atoms with E-state index < -0.39 is 16.6 Å². The maximum absolute atomic E-state index is 10.8. The van der Waals surface area contributed by atoms with Crippen molar-refractivity contribution in [3.63, 3.8) is 0 Å². The van der Waals surface area contributed by atoms with Gasteiger partial charge in [0.1, 0.15) is 0 Å². The summed E-state index contributed by atoms with van der Waals surface area (Å²) in [4.78, 5) is 25.7. The van der Waals surface area contributed by atoms with Crippen molar-refractivity contribution >= 4 is 17.4 Å². The number of hydrogen-bond acceptors (Lipinski definition) is 5. The van der Waals surface area contributed by atoms with Gasteiger partial charge in [0.2, 0.25) is 5.75 Å². The molecule has 1 rings (SSSR count). The van der Waals surface area contributed by atoms with Crippen LogP contribution in [0, 0.1) is 10.1 Å². The zero-order valence-electron chi connectivity index (χ0n) is 9.91. The first kappa shape index (κ1) is 13.6. The number of nitrogens with zero attached hydrogens (tertiary/aromatic N) is 2. The Morgan fingerprint density at radius 2 is 2.22 bits per heavy atom. The summed E-state index contributed by atoms with van der Waals surface area (Å²) < 4.78 is 0. The van der Waals surface area contributed by atoms with E-state index in [9.17, 15) is 14.9 Å². The number of carboxylic acid groups (broad SMARTS) is 1. The van der Waals surface area contributed by atoms with Crippen molar-refractivity contribution in [1.29, 1.82) is 0 Å². The first-order chi connectivity index (χ1) is 8.45. The predicted molar refractivity (Wildman–Crippen MR) is 64.1 cm³/mol. The number of carboxylic acids is 1. The smallest absolute Gasteiger partial charge is 0.335 e.